The quantitative estimate of drug-likeness (QED) is 0.792. The van der Waals surface area contributed by atoms with Crippen molar-refractivity contribution >= 4 is 11.9 Å². The number of nitrogens with zero attached hydrogens (tertiary/aromatic N) is 2. The van der Waals surface area contributed by atoms with Crippen LogP contribution >= 0.6 is 0 Å². The van der Waals surface area contributed by atoms with Gasteiger partial charge in [0, 0.05) is 6.54 Å². The predicted octanol–water partition coefficient (Wildman–Crippen LogP) is 0.929. The van der Waals surface area contributed by atoms with E-state index in [1.165, 1.54) is 7.11 Å². The van der Waals surface area contributed by atoms with Crippen LogP contribution in [0.1, 0.15) is 42.9 Å². The second kappa shape index (κ2) is 6.18. The van der Waals surface area contributed by atoms with Crippen molar-refractivity contribution in [2.75, 3.05) is 13.7 Å². The minimum atomic E-state index is -0.477. The number of aryl methyl sites for hydroxylation is 1. The summed E-state index contributed by atoms with van der Waals surface area (Å²) in [5, 5.41) is 6.84. The van der Waals surface area contributed by atoms with Crippen LogP contribution in [0.5, 0.6) is 0 Å². The zero-order valence-electron chi connectivity index (χ0n) is 11.2. The maximum Gasteiger partial charge on any atom is 0.325 e. The molecular formula is C12H19N3O3. The summed E-state index contributed by atoms with van der Waals surface area (Å²) in [4.78, 5) is 22.9. The first-order chi connectivity index (χ1) is 8.49. The molecule has 0 fully saturated rings. The summed E-state index contributed by atoms with van der Waals surface area (Å²) in [7, 11) is 1.28. The molecule has 0 saturated carbocycles. The minimum Gasteiger partial charge on any atom is -0.468 e. The number of amides is 1. The Kier molecular flexibility index (Phi) is 4.88. The smallest absolute Gasteiger partial charge is 0.325 e. The van der Waals surface area contributed by atoms with E-state index < -0.39 is 5.97 Å². The van der Waals surface area contributed by atoms with Gasteiger partial charge in [0.2, 0.25) is 0 Å². The van der Waals surface area contributed by atoms with E-state index in [1.54, 1.807) is 10.7 Å². The van der Waals surface area contributed by atoms with Crippen LogP contribution in [0.15, 0.2) is 6.07 Å². The topological polar surface area (TPSA) is 73.2 Å². The van der Waals surface area contributed by atoms with Gasteiger partial charge in [-0.15, -0.1) is 0 Å². The van der Waals surface area contributed by atoms with E-state index in [9.17, 15) is 9.59 Å². The highest BCUT2D eigenvalue weighted by Crippen LogP contribution is 2.14. The lowest BCUT2D eigenvalue weighted by atomic mass is 10.1. The first-order valence-corrected chi connectivity index (χ1v) is 5.92. The van der Waals surface area contributed by atoms with Crippen LogP contribution in [0.25, 0.3) is 0 Å². The van der Waals surface area contributed by atoms with E-state index in [2.05, 4.69) is 15.2 Å². The Balaban J connectivity index is 2.81. The number of rotatable bonds is 5. The van der Waals surface area contributed by atoms with Crippen molar-refractivity contribution in [1.29, 1.82) is 0 Å². The van der Waals surface area contributed by atoms with Gasteiger partial charge in [-0.05, 0) is 18.9 Å². The van der Waals surface area contributed by atoms with Gasteiger partial charge in [0.15, 0.2) is 0 Å². The molecule has 18 heavy (non-hydrogen) atoms. The average molecular weight is 253 g/mol. The van der Waals surface area contributed by atoms with Crippen molar-refractivity contribution in [3.05, 3.63) is 17.5 Å². The molecule has 6 nitrogen and oxygen atoms in total. The Morgan fingerprint density at radius 2 is 2.17 bits per heavy atom. The first kappa shape index (κ1) is 14.2. The minimum absolute atomic E-state index is 0.138. The van der Waals surface area contributed by atoms with Gasteiger partial charge >= 0.3 is 5.97 Å². The fourth-order valence-corrected chi connectivity index (χ4v) is 1.46. The van der Waals surface area contributed by atoms with Crippen molar-refractivity contribution < 1.29 is 14.3 Å². The van der Waals surface area contributed by atoms with Gasteiger partial charge in [-0.25, -0.2) is 0 Å². The van der Waals surface area contributed by atoms with Crippen molar-refractivity contribution in [1.82, 2.24) is 15.1 Å². The zero-order valence-corrected chi connectivity index (χ0v) is 11.2. The van der Waals surface area contributed by atoms with Crippen LogP contribution in [-0.4, -0.2) is 35.3 Å². The lowest BCUT2D eigenvalue weighted by molar-refractivity contribution is -0.139. The van der Waals surface area contributed by atoms with E-state index in [0.717, 1.165) is 5.69 Å². The Morgan fingerprint density at radius 1 is 1.50 bits per heavy atom. The molecule has 1 heterocycles. The number of esters is 1. The largest absolute Gasteiger partial charge is 0.468 e. The van der Waals surface area contributed by atoms with Crippen molar-refractivity contribution in [2.45, 2.75) is 33.2 Å². The van der Waals surface area contributed by atoms with Crippen molar-refractivity contribution in [3.8, 4) is 0 Å². The molecule has 0 aromatic carbocycles. The summed E-state index contributed by atoms with van der Waals surface area (Å²) in [5.41, 5.74) is 1.32. The van der Waals surface area contributed by atoms with Gasteiger partial charge in [-0.3, -0.25) is 14.3 Å². The number of nitrogens with one attached hydrogen (secondary N) is 1. The van der Waals surface area contributed by atoms with E-state index in [1.807, 2.05) is 20.8 Å². The third-order valence-electron chi connectivity index (χ3n) is 2.54. The second-order valence-corrected chi connectivity index (χ2v) is 4.18. The molecule has 0 aliphatic carbocycles. The predicted molar refractivity (Wildman–Crippen MR) is 66.3 cm³/mol. The van der Waals surface area contributed by atoms with E-state index in [-0.39, 0.29) is 18.4 Å². The molecule has 0 atom stereocenters. The molecule has 1 aromatic rings. The summed E-state index contributed by atoms with van der Waals surface area (Å²) in [5.74, 6) is -0.540. The molecule has 1 rings (SSSR count). The van der Waals surface area contributed by atoms with Gasteiger partial charge in [0.05, 0.1) is 12.8 Å². The molecule has 100 valence electrons. The highest BCUT2D eigenvalue weighted by molar-refractivity contribution is 5.94. The molecule has 6 heteroatoms. The van der Waals surface area contributed by atoms with E-state index >= 15 is 0 Å². The summed E-state index contributed by atoms with van der Waals surface area (Å²) in [6.45, 7) is 6.40. The third kappa shape index (κ3) is 3.32. The molecule has 0 radical (unpaired) electrons. The van der Waals surface area contributed by atoms with Gasteiger partial charge in [-0.2, -0.15) is 5.10 Å². The van der Waals surface area contributed by atoms with Crippen molar-refractivity contribution in [2.24, 2.45) is 0 Å². The summed E-state index contributed by atoms with van der Waals surface area (Å²) < 4.78 is 6.09. The Labute approximate surface area is 106 Å². The number of hydrogen-bond acceptors (Lipinski definition) is 4. The molecule has 1 amide bonds. The zero-order chi connectivity index (χ0) is 13.7. The second-order valence-electron chi connectivity index (χ2n) is 4.18. The SMILES string of the molecule is CCn1nc(C(C)C)cc1C(=O)NCC(=O)OC. The molecule has 0 spiro atoms. The molecule has 1 N–H and O–H groups in total. The first-order valence-electron chi connectivity index (χ1n) is 5.92. The Bertz CT molecular complexity index is 438. The normalized spacial score (nSPS) is 10.5. The van der Waals surface area contributed by atoms with Crippen LogP contribution in [0, 0.1) is 0 Å². The van der Waals surface area contributed by atoms with Gasteiger partial charge < -0.3 is 10.1 Å². The van der Waals surface area contributed by atoms with Crippen molar-refractivity contribution in [3.63, 3.8) is 0 Å². The number of hydrogen-bond donors (Lipinski definition) is 1. The fourth-order valence-electron chi connectivity index (χ4n) is 1.46. The van der Waals surface area contributed by atoms with E-state index in [4.69, 9.17) is 0 Å². The van der Waals surface area contributed by atoms with E-state index in [0.29, 0.717) is 12.2 Å². The number of ether oxygens (including phenoxy) is 1. The standard InChI is InChI=1S/C12H19N3O3/c1-5-15-10(6-9(14-15)8(2)3)12(17)13-7-11(16)18-4/h6,8H,5,7H2,1-4H3,(H,13,17). The molecule has 0 saturated heterocycles. The van der Waals surface area contributed by atoms with Gasteiger partial charge in [0.1, 0.15) is 12.2 Å². The van der Waals surface area contributed by atoms with Gasteiger partial charge in [-0.1, -0.05) is 13.8 Å². The lowest BCUT2D eigenvalue weighted by Crippen LogP contribution is -2.31. The number of carbonyl (C=O) groups excluding carboxylic acids is 2. The summed E-state index contributed by atoms with van der Waals surface area (Å²) in [6.07, 6.45) is 0. The molecule has 1 aromatic heterocycles. The lowest BCUT2D eigenvalue weighted by Gasteiger charge is -2.05. The number of aromatic nitrogens is 2. The number of carbonyl (C=O) groups is 2. The maximum absolute atomic E-state index is 11.9. The monoisotopic (exact) mass is 253 g/mol. The van der Waals surface area contributed by atoms with Crippen LogP contribution in [-0.2, 0) is 16.1 Å². The number of methoxy groups -OCH3 is 1. The molecule has 0 aliphatic rings. The van der Waals surface area contributed by atoms with Crippen LogP contribution in [0.4, 0.5) is 0 Å². The van der Waals surface area contributed by atoms with Crippen LogP contribution in [0.2, 0.25) is 0 Å². The van der Waals surface area contributed by atoms with Crippen LogP contribution in [0.3, 0.4) is 0 Å². The van der Waals surface area contributed by atoms with Crippen LogP contribution < -0.4 is 5.32 Å². The maximum atomic E-state index is 11.9. The fraction of sp³-hybridized carbons (Fsp3) is 0.583. The molecular weight excluding hydrogens is 234 g/mol. The summed E-state index contributed by atoms with van der Waals surface area (Å²) in [6, 6.07) is 1.75. The Hall–Kier alpha value is -1.85. The molecule has 0 unspecified atom stereocenters. The average Bonchev–Trinajstić information content (AvgIpc) is 2.79. The molecule has 0 aliphatic heterocycles. The van der Waals surface area contributed by atoms with Gasteiger partial charge in [0.25, 0.3) is 5.91 Å². The summed E-state index contributed by atoms with van der Waals surface area (Å²) >= 11 is 0. The molecule has 0 bridgehead atoms. The highest BCUT2D eigenvalue weighted by atomic mass is 16.5. The highest BCUT2D eigenvalue weighted by Gasteiger charge is 2.16. The Morgan fingerprint density at radius 3 is 2.67 bits per heavy atom. The third-order valence-corrected chi connectivity index (χ3v) is 2.54.